The maximum Gasteiger partial charge on any atom is 0.225 e. The highest BCUT2D eigenvalue weighted by Crippen LogP contribution is 2.37. The zero-order valence-corrected chi connectivity index (χ0v) is 12.9. The largest absolute Gasteiger partial charge is 0.396 e. The summed E-state index contributed by atoms with van der Waals surface area (Å²) in [5, 5.41) is 12.5. The van der Waals surface area contributed by atoms with Crippen LogP contribution in [0.15, 0.2) is 0 Å². The Balaban J connectivity index is 1.98. The Hall–Kier alpha value is -0.720. The van der Waals surface area contributed by atoms with Gasteiger partial charge in [0, 0.05) is 22.0 Å². The van der Waals surface area contributed by atoms with Gasteiger partial charge in [0.25, 0.3) is 0 Å². The van der Waals surface area contributed by atoms with Gasteiger partial charge in [-0.25, -0.2) is 0 Å². The van der Waals surface area contributed by atoms with Gasteiger partial charge in [-0.15, -0.1) is 11.3 Å². The maximum atomic E-state index is 12.1. The van der Waals surface area contributed by atoms with Crippen molar-refractivity contribution in [3.05, 3.63) is 14.5 Å². The van der Waals surface area contributed by atoms with Crippen LogP contribution in [0, 0.1) is 16.3 Å². The monoisotopic (exact) mass is 300 g/mol. The van der Waals surface area contributed by atoms with Crippen LogP contribution in [-0.2, 0) is 11.2 Å². The number of aliphatic hydroxyl groups excluding tert-OH is 1. The lowest BCUT2D eigenvalue weighted by Crippen LogP contribution is -2.45. The fourth-order valence-corrected chi connectivity index (χ4v) is 3.96. The van der Waals surface area contributed by atoms with Crippen LogP contribution in [0.25, 0.3) is 0 Å². The smallest absolute Gasteiger partial charge is 0.225 e. The number of nitrogens with one attached hydrogen (secondary N) is 2. The molecule has 1 aliphatic rings. The summed E-state index contributed by atoms with van der Waals surface area (Å²) in [5.41, 5.74) is 0.802. The third-order valence-electron chi connectivity index (χ3n) is 4.02. The molecule has 1 aromatic heterocycles. The lowest BCUT2D eigenvalue weighted by Gasteiger charge is -2.30. The first-order valence-electron chi connectivity index (χ1n) is 6.53. The number of rotatable bonds is 4. The molecule has 1 fully saturated rings. The molecular formula is C13H20N2O2S2. The van der Waals surface area contributed by atoms with Crippen molar-refractivity contribution in [3.63, 3.8) is 0 Å². The van der Waals surface area contributed by atoms with Crippen molar-refractivity contribution in [2.45, 2.75) is 45.6 Å². The molecule has 0 radical (unpaired) electrons. The second kappa shape index (κ2) is 5.73. The molecule has 4 nitrogen and oxygen atoms in total. The number of aromatic amines is 1. The normalized spacial score (nSPS) is 26.6. The Kier molecular flexibility index (Phi) is 4.43. The van der Waals surface area contributed by atoms with Crippen LogP contribution in [0.1, 0.15) is 36.8 Å². The molecule has 19 heavy (non-hydrogen) atoms. The van der Waals surface area contributed by atoms with Gasteiger partial charge in [-0.05, 0) is 32.0 Å². The first-order valence-corrected chi connectivity index (χ1v) is 7.76. The molecule has 2 unspecified atom stereocenters. The number of hydrogen-bond acceptors (Lipinski definition) is 4. The second-order valence-corrected chi connectivity index (χ2v) is 7.34. The molecule has 1 amide bonds. The van der Waals surface area contributed by atoms with Crippen LogP contribution < -0.4 is 5.32 Å². The van der Waals surface area contributed by atoms with E-state index in [2.05, 4.69) is 10.3 Å². The van der Waals surface area contributed by atoms with Crippen LogP contribution in [0.5, 0.6) is 0 Å². The van der Waals surface area contributed by atoms with E-state index < -0.39 is 0 Å². The van der Waals surface area contributed by atoms with Gasteiger partial charge in [-0.1, -0.05) is 13.3 Å². The first-order chi connectivity index (χ1) is 8.94. The Morgan fingerprint density at radius 1 is 1.68 bits per heavy atom. The molecule has 6 heteroatoms. The topological polar surface area (TPSA) is 65.1 Å². The number of hydrogen-bond donors (Lipinski definition) is 3. The first kappa shape index (κ1) is 14.7. The van der Waals surface area contributed by atoms with Gasteiger partial charge in [0.15, 0.2) is 3.95 Å². The molecule has 2 rings (SSSR count). The van der Waals surface area contributed by atoms with Gasteiger partial charge in [-0.3, -0.25) is 4.79 Å². The van der Waals surface area contributed by atoms with E-state index in [0.29, 0.717) is 10.4 Å². The Bertz CT molecular complexity index is 523. The summed E-state index contributed by atoms with van der Waals surface area (Å²) in [7, 11) is 0. The number of aliphatic hydroxyl groups is 1. The van der Waals surface area contributed by atoms with Crippen molar-refractivity contribution in [2.24, 2.45) is 5.41 Å². The quantitative estimate of drug-likeness (QED) is 0.748. The van der Waals surface area contributed by atoms with E-state index >= 15 is 0 Å². The summed E-state index contributed by atoms with van der Waals surface area (Å²) in [6.07, 6.45) is 3.34. The van der Waals surface area contributed by atoms with Crippen molar-refractivity contribution >= 4 is 29.5 Å². The third-order valence-corrected chi connectivity index (χ3v) is 5.36. The van der Waals surface area contributed by atoms with Crippen LogP contribution in [0.3, 0.4) is 0 Å². The minimum Gasteiger partial charge on any atom is -0.396 e. The van der Waals surface area contributed by atoms with E-state index in [0.717, 1.165) is 29.8 Å². The van der Waals surface area contributed by atoms with Gasteiger partial charge in [0.2, 0.25) is 5.91 Å². The van der Waals surface area contributed by atoms with Crippen LogP contribution >= 0.6 is 23.6 Å². The van der Waals surface area contributed by atoms with Gasteiger partial charge < -0.3 is 15.4 Å². The molecule has 1 saturated carbocycles. The Morgan fingerprint density at radius 3 is 3.00 bits per heavy atom. The van der Waals surface area contributed by atoms with E-state index in [1.165, 1.54) is 11.3 Å². The molecule has 1 aliphatic carbocycles. The van der Waals surface area contributed by atoms with E-state index in [1.807, 2.05) is 13.8 Å². The van der Waals surface area contributed by atoms with E-state index in [9.17, 15) is 9.90 Å². The number of aromatic nitrogens is 1. The van der Waals surface area contributed by atoms with E-state index in [-0.39, 0.29) is 24.0 Å². The molecule has 2 atom stereocenters. The van der Waals surface area contributed by atoms with E-state index in [1.54, 1.807) is 0 Å². The van der Waals surface area contributed by atoms with Gasteiger partial charge in [0.05, 0.1) is 13.0 Å². The number of carbonyl (C=O) groups is 1. The van der Waals surface area contributed by atoms with Gasteiger partial charge >= 0.3 is 0 Å². The predicted octanol–water partition coefficient (Wildman–Crippen LogP) is 2.32. The molecule has 106 valence electrons. The molecule has 0 saturated heterocycles. The summed E-state index contributed by atoms with van der Waals surface area (Å²) < 4.78 is 0.710. The third kappa shape index (κ3) is 3.24. The number of amides is 1. The zero-order chi connectivity index (χ0) is 14.0. The number of H-pyrrole nitrogens is 1. The highest BCUT2D eigenvalue weighted by atomic mass is 32.1. The Morgan fingerprint density at radius 2 is 2.42 bits per heavy atom. The second-order valence-electron chi connectivity index (χ2n) is 5.56. The lowest BCUT2D eigenvalue weighted by atomic mass is 9.86. The number of carbonyl (C=O) groups excluding carboxylic acids is 1. The summed E-state index contributed by atoms with van der Waals surface area (Å²) in [6.45, 7) is 4.10. The summed E-state index contributed by atoms with van der Waals surface area (Å²) in [5.74, 6) is 0.0138. The Labute approximate surface area is 122 Å². The zero-order valence-electron chi connectivity index (χ0n) is 11.3. The average Bonchev–Trinajstić information content (AvgIpc) is 2.84. The van der Waals surface area contributed by atoms with Gasteiger partial charge in [-0.2, -0.15) is 0 Å². The minimum atomic E-state index is -0.171. The van der Waals surface area contributed by atoms with Crippen molar-refractivity contribution in [1.29, 1.82) is 0 Å². The van der Waals surface area contributed by atoms with Crippen LogP contribution in [0.4, 0.5) is 0 Å². The highest BCUT2D eigenvalue weighted by molar-refractivity contribution is 7.73. The molecule has 1 heterocycles. The van der Waals surface area contributed by atoms with Crippen molar-refractivity contribution in [3.8, 4) is 0 Å². The highest BCUT2D eigenvalue weighted by Gasteiger charge is 2.39. The van der Waals surface area contributed by atoms with Crippen molar-refractivity contribution in [2.75, 3.05) is 6.61 Å². The molecule has 0 aliphatic heterocycles. The summed E-state index contributed by atoms with van der Waals surface area (Å²) >= 11 is 6.53. The molecule has 1 aromatic rings. The molecule has 3 N–H and O–H groups in total. The molecule has 0 bridgehead atoms. The van der Waals surface area contributed by atoms with E-state index in [4.69, 9.17) is 12.2 Å². The molecule has 0 spiro atoms. The molecule has 0 aromatic carbocycles. The number of thiazole rings is 1. The van der Waals surface area contributed by atoms with Crippen molar-refractivity contribution < 1.29 is 9.90 Å². The van der Waals surface area contributed by atoms with Crippen LogP contribution in [-0.4, -0.2) is 28.6 Å². The lowest BCUT2D eigenvalue weighted by molar-refractivity contribution is -0.122. The van der Waals surface area contributed by atoms with Gasteiger partial charge in [0.1, 0.15) is 0 Å². The average molecular weight is 300 g/mol. The maximum absolute atomic E-state index is 12.1. The fraction of sp³-hybridized carbons (Fsp3) is 0.692. The predicted molar refractivity (Wildman–Crippen MR) is 78.9 cm³/mol. The fourth-order valence-electron chi connectivity index (χ4n) is 2.66. The van der Waals surface area contributed by atoms with Crippen LogP contribution in [0.2, 0.25) is 0 Å². The van der Waals surface area contributed by atoms with Crippen molar-refractivity contribution in [1.82, 2.24) is 10.3 Å². The molecular weight excluding hydrogens is 280 g/mol. The minimum absolute atomic E-state index is 0.0138. The summed E-state index contributed by atoms with van der Waals surface area (Å²) in [6, 6.07) is 0.0808. The SMILES string of the molecule is Cc1[nH]c(=S)sc1CC(=O)NC1CCCC1(C)CO. The summed E-state index contributed by atoms with van der Waals surface area (Å²) in [4.78, 5) is 16.1. The number of aryl methyl sites for hydroxylation is 1. The standard InChI is InChI=1S/C13H20N2O2S2/c1-8-9(19-12(18)14-8)6-11(17)15-10-4-3-5-13(10,2)7-16/h10,16H,3-7H2,1-2H3,(H,14,18)(H,15,17).